The Bertz CT molecular complexity index is 1260. The maximum absolute atomic E-state index is 13.1. The van der Waals surface area contributed by atoms with Crippen molar-refractivity contribution in [3.05, 3.63) is 28.9 Å². The summed E-state index contributed by atoms with van der Waals surface area (Å²) in [5.41, 5.74) is -6.32. The Labute approximate surface area is 144 Å². The first-order valence-corrected chi connectivity index (χ1v) is 7.35. The molecule has 0 spiro atoms. The van der Waals surface area contributed by atoms with Gasteiger partial charge in [-0.2, -0.15) is 16.8 Å². The lowest BCUT2D eigenvalue weighted by molar-refractivity contribution is -0.530. The first kappa shape index (κ1) is 5.61. The number of hydrogen-bond donors (Lipinski definition) is 2. The lowest BCUT2D eigenvalue weighted by Crippen LogP contribution is -2.29. The fourth-order valence-corrected chi connectivity index (χ4v) is 1.99. The fraction of sp³-hybridized carbons (Fsp3) is 0.364. The van der Waals surface area contributed by atoms with Crippen molar-refractivity contribution in [1.29, 1.82) is 2.86 Å². The monoisotopic (exact) mass is 352 g/mol. The maximum atomic E-state index is 13.1. The van der Waals surface area contributed by atoms with Gasteiger partial charge in [-0.15, -0.1) is 0 Å². The highest BCUT2D eigenvalue weighted by atomic mass is 32.2. The molecule has 1 aromatic rings. The quantitative estimate of drug-likeness (QED) is 0.264. The summed E-state index contributed by atoms with van der Waals surface area (Å²) in [5.74, 6) is 0. The minimum absolute atomic E-state index is 1.45. The first-order chi connectivity index (χ1) is 15.8. The summed E-state index contributed by atoms with van der Waals surface area (Å²) in [4.78, 5) is -3.80. The van der Waals surface area contributed by atoms with Crippen LogP contribution in [0.4, 0.5) is 0 Å². The van der Waals surface area contributed by atoms with Crippen LogP contribution in [-0.2, 0) is 20.2 Å². The minimum Gasteiger partial charge on any atom is -0.623 e. The zero-order chi connectivity index (χ0) is 29.0. The van der Waals surface area contributed by atoms with Gasteiger partial charge in [0.05, 0.1) is 14.6 Å². The van der Waals surface area contributed by atoms with Crippen LogP contribution < -0.4 is 0 Å². The molecule has 118 valence electrons. The lowest BCUT2D eigenvalue weighted by atomic mass is 10.1. The Morgan fingerprint density at radius 1 is 1.33 bits per heavy atom. The Balaban J connectivity index is 4.66. The normalized spacial score (nSPS) is 26.8. The largest absolute Gasteiger partial charge is 0.623 e. The third-order valence-electron chi connectivity index (χ3n) is 1.77. The van der Waals surface area contributed by atoms with Gasteiger partial charge in [0.1, 0.15) is 6.27 Å². The third kappa shape index (κ3) is 4.49. The molecule has 10 heteroatoms. The van der Waals surface area contributed by atoms with Crippen molar-refractivity contribution in [2.75, 3.05) is 0 Å². The van der Waals surface area contributed by atoms with Gasteiger partial charge >= 0.3 is 0 Å². The summed E-state index contributed by atoms with van der Waals surface area (Å²) in [6.45, 7) is -12.8. The van der Waals surface area contributed by atoms with E-state index in [1.807, 2.05) is 0 Å². The van der Waals surface area contributed by atoms with Crippen molar-refractivity contribution in [3.8, 4) is 0 Å². The number of nitrogens with zero attached hydrogens (tertiary/aromatic N) is 1. The van der Waals surface area contributed by atoms with E-state index in [9.17, 15) is 22.0 Å². The van der Waals surface area contributed by atoms with E-state index in [1.165, 1.54) is 0 Å². The third-order valence-corrected chi connectivity index (χ3v) is 3.28. The Morgan fingerprint density at radius 2 is 1.95 bits per heavy atom. The van der Waals surface area contributed by atoms with Gasteiger partial charge in [0, 0.05) is 32.9 Å². The summed E-state index contributed by atoms with van der Waals surface area (Å²) >= 11 is 0. The molecular formula is C11H15NO7S2. The van der Waals surface area contributed by atoms with Gasteiger partial charge in [0.25, 0.3) is 20.2 Å². The Hall–Kier alpha value is -1.49. The average molecular weight is 352 g/mol. The van der Waals surface area contributed by atoms with Gasteiger partial charge < -0.3 is 5.21 Å². The van der Waals surface area contributed by atoms with Crippen LogP contribution in [0.1, 0.15) is 43.9 Å². The van der Waals surface area contributed by atoms with Crippen molar-refractivity contribution >= 4 is 26.4 Å². The van der Waals surface area contributed by atoms with E-state index in [0.29, 0.717) is 0 Å². The van der Waals surface area contributed by atoms with Crippen molar-refractivity contribution < 1.29 is 48.5 Å². The molecule has 0 fully saturated rings. The molecule has 0 bridgehead atoms. The standard InChI is InChI=1S/C11H15NO7S2/c1-11(2,3)12(13)7-8-4-5-9(20(14,15)16)6-10(8)21(17,18)19/h4-7H,1-3H3,(H,14,15,16)(H,17,18,19)/b12-7-/i1D3,2D3,3D3,4D,5D,6D,7D/hD2. The number of hydrogen-bond acceptors (Lipinski definition) is 7. The molecule has 0 radical (unpaired) electrons. The number of hydroxylamine groups is 1. The van der Waals surface area contributed by atoms with Crippen LogP contribution in [0.5, 0.6) is 0 Å². The molecule has 2 N–H and O–H groups in total. The van der Waals surface area contributed by atoms with Crippen LogP contribution in [0.25, 0.3) is 2.86 Å². The van der Waals surface area contributed by atoms with E-state index in [-0.39, 0.29) is 0 Å². The molecule has 0 aliphatic rings. The molecule has 21 heavy (non-hydrogen) atoms. The van der Waals surface area contributed by atoms with Gasteiger partial charge in [0.15, 0.2) is 11.7 Å². The molecule has 0 unspecified atom stereocenters. The van der Waals surface area contributed by atoms with E-state index in [1.54, 1.807) is 0 Å². The van der Waals surface area contributed by atoms with Crippen LogP contribution in [-0.4, -0.2) is 42.4 Å². The van der Waals surface area contributed by atoms with Crippen LogP contribution in [0, 0.1) is 5.21 Å². The van der Waals surface area contributed by atoms with E-state index in [4.69, 9.17) is 20.7 Å². The molecule has 0 aliphatic heterocycles. The van der Waals surface area contributed by atoms with E-state index in [0.717, 1.165) is 0 Å². The number of rotatable bonds is 5. The molecule has 0 atom stereocenters. The molecule has 1 aromatic carbocycles. The Kier molecular flexibility index (Phi) is 1.44. The number of benzene rings is 1. The highest BCUT2D eigenvalue weighted by molar-refractivity contribution is 7.86. The second kappa shape index (κ2) is 5.37. The fourth-order valence-electron chi connectivity index (χ4n) is 0.950. The zero-order valence-corrected chi connectivity index (χ0v) is 11.3. The van der Waals surface area contributed by atoms with E-state index >= 15 is 0 Å². The van der Waals surface area contributed by atoms with Gasteiger partial charge in [-0.1, -0.05) is 0 Å². The van der Waals surface area contributed by atoms with Crippen molar-refractivity contribution in [2.24, 2.45) is 0 Å². The molecule has 0 amide bonds. The van der Waals surface area contributed by atoms with E-state index in [2.05, 4.69) is 9.11 Å². The van der Waals surface area contributed by atoms with Crippen LogP contribution in [0.2, 0.25) is 0 Å². The molecule has 0 saturated heterocycles. The van der Waals surface area contributed by atoms with Crippen LogP contribution in [0.15, 0.2) is 27.9 Å². The van der Waals surface area contributed by atoms with Crippen LogP contribution in [0.3, 0.4) is 0 Å². The van der Waals surface area contributed by atoms with Crippen molar-refractivity contribution in [3.63, 3.8) is 0 Å². The molecule has 0 heterocycles. The first-order valence-electron chi connectivity index (χ1n) is 11.9. The summed E-state index contributed by atoms with van der Waals surface area (Å²) in [7, 11) is -11.2. The minimum atomic E-state index is -5.75. The highest BCUT2D eigenvalue weighted by Gasteiger charge is 2.23. The predicted molar refractivity (Wildman–Crippen MR) is 74.6 cm³/mol. The SMILES string of the molecule is [2H]OS(=O)(=O)c1c([2H])c([2H])c(/C([2H])=[N+](\[O-])C(C([2H])([2H])[2H])(C([2H])([2H])[2H])C([2H])([2H])[2H])c(S(=O)(=O)O[2H])c1[2H]. The Morgan fingerprint density at radius 3 is 2.48 bits per heavy atom. The molecule has 8 nitrogen and oxygen atoms in total. The highest BCUT2D eigenvalue weighted by Crippen LogP contribution is 2.20. The predicted octanol–water partition coefficient (Wildman–Crippen LogP) is 0.908. The van der Waals surface area contributed by atoms with Crippen LogP contribution >= 0.6 is 0 Å². The summed E-state index contributed by atoms with van der Waals surface area (Å²) in [5, 5.41) is 13.1. The van der Waals surface area contributed by atoms with Crippen molar-refractivity contribution in [2.45, 2.75) is 35.9 Å². The van der Waals surface area contributed by atoms with Gasteiger partial charge in [-0.3, -0.25) is 9.11 Å². The molecule has 0 aliphatic carbocycles. The molecule has 1 rings (SSSR count). The lowest BCUT2D eigenvalue weighted by Gasteiger charge is -2.19. The van der Waals surface area contributed by atoms with Gasteiger partial charge in [-0.05, 0) is 18.1 Å². The summed E-state index contributed by atoms with van der Waals surface area (Å²) in [6.07, 6.45) is -2.23. The smallest absolute Gasteiger partial charge is 0.295 e. The van der Waals surface area contributed by atoms with E-state index < -0.39 is 90.7 Å². The molecule has 0 saturated carbocycles. The average Bonchev–Trinajstić information content (AvgIpc) is 2.66. The zero-order valence-electron chi connectivity index (χ0n) is 24.6. The topological polar surface area (TPSA) is 135 Å². The van der Waals surface area contributed by atoms with Gasteiger partial charge in [0.2, 0.25) is 2.86 Å². The molecule has 0 aromatic heterocycles. The summed E-state index contributed by atoms with van der Waals surface area (Å²) in [6, 6.07) is -5.35. The van der Waals surface area contributed by atoms with Gasteiger partial charge in [-0.25, -0.2) is 4.74 Å². The second-order valence-electron chi connectivity index (χ2n) is 3.43. The van der Waals surface area contributed by atoms with Crippen molar-refractivity contribution in [1.82, 2.24) is 0 Å². The summed E-state index contributed by atoms with van der Waals surface area (Å²) < 4.78 is 166. The second-order valence-corrected chi connectivity index (χ2v) is 6.07. The maximum Gasteiger partial charge on any atom is 0.295 e. The molecular weight excluding hydrogens is 322 g/mol.